The van der Waals surface area contributed by atoms with Crippen LogP contribution in [0.2, 0.25) is 0 Å². The number of hydrogen-bond acceptors (Lipinski definition) is 6. The first kappa shape index (κ1) is 18.4. The van der Waals surface area contributed by atoms with E-state index in [9.17, 15) is 4.79 Å². The Hall–Kier alpha value is -1.96. The van der Waals surface area contributed by atoms with Gasteiger partial charge in [-0.2, -0.15) is 0 Å². The van der Waals surface area contributed by atoms with Crippen molar-refractivity contribution in [3.63, 3.8) is 0 Å². The highest BCUT2D eigenvalue weighted by molar-refractivity contribution is 7.15. The van der Waals surface area contributed by atoms with Crippen molar-refractivity contribution >= 4 is 22.4 Å². The highest BCUT2D eigenvalue weighted by Gasteiger charge is 2.19. The van der Waals surface area contributed by atoms with E-state index in [2.05, 4.69) is 15.6 Å². The molecule has 2 aromatic rings. The molecule has 1 unspecified atom stereocenters. The number of carbonyl (C=O) groups is 1. The Balaban J connectivity index is 1.30. The molecule has 0 saturated carbocycles. The molecule has 1 aromatic carbocycles. The van der Waals surface area contributed by atoms with Crippen molar-refractivity contribution in [2.75, 3.05) is 31.6 Å². The maximum atomic E-state index is 12.5. The van der Waals surface area contributed by atoms with Gasteiger partial charge in [-0.25, -0.2) is 4.98 Å². The molecule has 1 atom stereocenters. The number of piperidine rings is 1. The van der Waals surface area contributed by atoms with E-state index in [-0.39, 0.29) is 12.0 Å². The molecule has 1 amide bonds. The van der Waals surface area contributed by atoms with E-state index in [0.29, 0.717) is 23.2 Å². The number of carbonyl (C=O) groups excluding carboxylic acids is 1. The van der Waals surface area contributed by atoms with Gasteiger partial charge in [0.25, 0.3) is 5.91 Å². The summed E-state index contributed by atoms with van der Waals surface area (Å²) in [7, 11) is 0. The van der Waals surface area contributed by atoms with Crippen molar-refractivity contribution in [2.45, 2.75) is 37.7 Å². The summed E-state index contributed by atoms with van der Waals surface area (Å²) in [5.41, 5.74) is 0.595. The van der Waals surface area contributed by atoms with Gasteiger partial charge in [-0.05, 0) is 69.0 Å². The third-order valence-electron chi connectivity index (χ3n) is 5.06. The molecule has 0 bridgehead atoms. The van der Waals surface area contributed by atoms with Gasteiger partial charge in [-0.15, -0.1) is 11.3 Å². The Morgan fingerprint density at radius 3 is 2.81 bits per heavy atom. The predicted molar refractivity (Wildman–Crippen MR) is 106 cm³/mol. The van der Waals surface area contributed by atoms with Gasteiger partial charge in [0.2, 0.25) is 0 Å². The lowest BCUT2D eigenvalue weighted by molar-refractivity contribution is 0.0679. The molecule has 2 N–H and O–H groups in total. The van der Waals surface area contributed by atoms with Gasteiger partial charge in [0.1, 0.15) is 12.4 Å². The third kappa shape index (κ3) is 4.86. The Morgan fingerprint density at radius 2 is 2.07 bits per heavy atom. The van der Waals surface area contributed by atoms with Crippen molar-refractivity contribution in [3.05, 3.63) is 40.9 Å². The number of thiazole rings is 1. The molecule has 2 saturated heterocycles. The first-order valence-corrected chi connectivity index (χ1v) is 10.4. The number of aromatic nitrogens is 1. The first-order chi connectivity index (χ1) is 13.3. The molecule has 2 aliphatic rings. The summed E-state index contributed by atoms with van der Waals surface area (Å²) in [5, 5.41) is 6.94. The second-order valence-corrected chi connectivity index (χ2v) is 8.08. The number of hydrogen-bond donors (Lipinski definition) is 2. The molecule has 0 spiro atoms. The van der Waals surface area contributed by atoms with Crippen LogP contribution in [0.15, 0.2) is 30.5 Å². The molecule has 6 nitrogen and oxygen atoms in total. The van der Waals surface area contributed by atoms with Crippen molar-refractivity contribution in [1.82, 2.24) is 10.3 Å². The number of rotatable bonds is 6. The first-order valence-electron chi connectivity index (χ1n) is 9.60. The van der Waals surface area contributed by atoms with Crippen LogP contribution in [0, 0.1) is 0 Å². The number of anilines is 1. The zero-order valence-corrected chi connectivity index (χ0v) is 16.1. The summed E-state index contributed by atoms with van der Waals surface area (Å²) >= 11 is 1.58. The van der Waals surface area contributed by atoms with E-state index in [1.54, 1.807) is 23.5 Å². The minimum Gasteiger partial charge on any atom is -0.491 e. The summed E-state index contributed by atoms with van der Waals surface area (Å²) in [6.45, 7) is 3.48. The number of benzene rings is 1. The summed E-state index contributed by atoms with van der Waals surface area (Å²) in [6, 6.07) is 7.21. The zero-order valence-electron chi connectivity index (χ0n) is 15.3. The Bertz CT molecular complexity index is 750. The molecule has 0 aliphatic carbocycles. The van der Waals surface area contributed by atoms with Gasteiger partial charge in [-0.1, -0.05) is 0 Å². The van der Waals surface area contributed by atoms with Crippen LogP contribution >= 0.6 is 11.3 Å². The SMILES string of the molecule is O=C(Nc1ncc(C2CCNCC2)s1)c1ccc(OCC2CCCO2)cc1. The van der Waals surface area contributed by atoms with Gasteiger partial charge >= 0.3 is 0 Å². The van der Waals surface area contributed by atoms with Gasteiger partial charge < -0.3 is 14.8 Å². The van der Waals surface area contributed by atoms with Crippen LogP contribution in [0.25, 0.3) is 0 Å². The van der Waals surface area contributed by atoms with Gasteiger partial charge in [-0.3, -0.25) is 10.1 Å². The van der Waals surface area contributed by atoms with Crippen LogP contribution in [0.1, 0.15) is 46.8 Å². The second kappa shape index (κ2) is 8.82. The van der Waals surface area contributed by atoms with Crippen LogP contribution < -0.4 is 15.4 Å². The average Bonchev–Trinajstić information content (AvgIpc) is 3.39. The van der Waals surface area contributed by atoms with E-state index >= 15 is 0 Å². The lowest BCUT2D eigenvalue weighted by Gasteiger charge is -2.20. The smallest absolute Gasteiger partial charge is 0.257 e. The quantitative estimate of drug-likeness (QED) is 0.795. The molecule has 2 fully saturated rings. The fraction of sp³-hybridized carbons (Fsp3) is 0.500. The number of amides is 1. The maximum absolute atomic E-state index is 12.5. The summed E-state index contributed by atoms with van der Waals surface area (Å²) in [4.78, 5) is 18.1. The molecule has 4 rings (SSSR count). The van der Waals surface area contributed by atoms with Crippen molar-refractivity contribution < 1.29 is 14.3 Å². The molecule has 3 heterocycles. The van der Waals surface area contributed by atoms with Crippen LogP contribution in [0.5, 0.6) is 5.75 Å². The van der Waals surface area contributed by atoms with Crippen molar-refractivity contribution in [2.24, 2.45) is 0 Å². The van der Waals surface area contributed by atoms with E-state index in [1.807, 2.05) is 18.3 Å². The predicted octanol–water partition coefficient (Wildman–Crippen LogP) is 3.42. The summed E-state index contributed by atoms with van der Waals surface area (Å²) in [5.74, 6) is 1.16. The highest BCUT2D eigenvalue weighted by atomic mass is 32.1. The Morgan fingerprint density at radius 1 is 1.26 bits per heavy atom. The lowest BCUT2D eigenvalue weighted by Crippen LogP contribution is -2.26. The van der Waals surface area contributed by atoms with E-state index in [1.165, 1.54) is 4.88 Å². The fourth-order valence-corrected chi connectivity index (χ4v) is 4.46. The molecule has 144 valence electrons. The molecule has 27 heavy (non-hydrogen) atoms. The highest BCUT2D eigenvalue weighted by Crippen LogP contribution is 2.31. The van der Waals surface area contributed by atoms with E-state index in [0.717, 1.165) is 51.1 Å². The molecule has 0 radical (unpaired) electrons. The standard InChI is InChI=1S/C20H25N3O3S/c24-19(23-20-22-12-18(27-20)14-7-9-21-10-8-14)15-3-5-16(6-4-15)26-13-17-2-1-11-25-17/h3-6,12,14,17,21H,1-2,7-11,13H2,(H,22,23,24). The minimum absolute atomic E-state index is 0.146. The topological polar surface area (TPSA) is 72.5 Å². The Kier molecular flexibility index (Phi) is 6.01. The van der Waals surface area contributed by atoms with Crippen molar-refractivity contribution in [1.29, 1.82) is 0 Å². The molecular weight excluding hydrogens is 362 g/mol. The maximum Gasteiger partial charge on any atom is 0.257 e. The number of nitrogens with zero attached hydrogens (tertiary/aromatic N) is 1. The summed E-state index contributed by atoms with van der Waals surface area (Å²) in [6.07, 6.45) is 6.49. The van der Waals surface area contributed by atoms with Crippen LogP contribution in [0.4, 0.5) is 5.13 Å². The summed E-state index contributed by atoms with van der Waals surface area (Å²) < 4.78 is 11.3. The fourth-order valence-electron chi connectivity index (χ4n) is 3.48. The average molecular weight is 388 g/mol. The van der Waals surface area contributed by atoms with Gasteiger partial charge in [0.05, 0.1) is 6.10 Å². The molecule has 2 aliphatic heterocycles. The minimum atomic E-state index is -0.146. The third-order valence-corrected chi connectivity index (χ3v) is 6.14. The molecule has 7 heteroatoms. The van der Waals surface area contributed by atoms with Gasteiger partial charge in [0.15, 0.2) is 5.13 Å². The second-order valence-electron chi connectivity index (χ2n) is 7.02. The number of ether oxygens (including phenoxy) is 2. The van der Waals surface area contributed by atoms with Crippen LogP contribution in [-0.4, -0.2) is 43.3 Å². The van der Waals surface area contributed by atoms with Crippen LogP contribution in [0.3, 0.4) is 0 Å². The van der Waals surface area contributed by atoms with E-state index < -0.39 is 0 Å². The lowest BCUT2D eigenvalue weighted by atomic mass is 9.97. The molecule has 1 aromatic heterocycles. The van der Waals surface area contributed by atoms with Crippen molar-refractivity contribution in [3.8, 4) is 5.75 Å². The Labute approximate surface area is 163 Å². The molecular formula is C20H25N3O3S. The van der Waals surface area contributed by atoms with Gasteiger partial charge in [0, 0.05) is 23.2 Å². The monoisotopic (exact) mass is 387 g/mol. The largest absolute Gasteiger partial charge is 0.491 e. The normalized spacial score (nSPS) is 20.5. The van der Waals surface area contributed by atoms with E-state index in [4.69, 9.17) is 9.47 Å². The van der Waals surface area contributed by atoms with Crippen LogP contribution in [-0.2, 0) is 4.74 Å². The number of nitrogens with one attached hydrogen (secondary N) is 2. The zero-order chi connectivity index (χ0) is 18.5.